The number of aromatic nitrogens is 1. The van der Waals surface area contributed by atoms with Crippen LogP contribution in [0.25, 0.3) is 10.9 Å². The Balaban J connectivity index is 2.07. The molecule has 0 aliphatic carbocycles. The average Bonchev–Trinajstić information content (AvgIpc) is 2.95. The normalized spacial score (nSPS) is 13.7. The first-order valence-electron chi connectivity index (χ1n) is 7.93. The molecule has 0 saturated carbocycles. The van der Waals surface area contributed by atoms with Gasteiger partial charge in [0.1, 0.15) is 6.04 Å². The van der Waals surface area contributed by atoms with E-state index in [1.165, 1.54) is 0 Å². The number of hydrogen-bond donors (Lipinski definition) is 4. The van der Waals surface area contributed by atoms with E-state index in [9.17, 15) is 9.59 Å². The Hall–Kier alpha value is -2.34. The molecule has 2 rings (SSSR count). The van der Waals surface area contributed by atoms with Crippen molar-refractivity contribution >= 4 is 22.7 Å². The van der Waals surface area contributed by atoms with E-state index in [4.69, 9.17) is 11.5 Å². The lowest BCUT2D eigenvalue weighted by Crippen LogP contribution is -2.51. The molecule has 0 aliphatic rings. The van der Waals surface area contributed by atoms with Crippen LogP contribution in [0.3, 0.4) is 0 Å². The molecule has 0 radical (unpaired) electrons. The second-order valence-electron chi connectivity index (χ2n) is 5.78. The van der Waals surface area contributed by atoms with Crippen LogP contribution >= 0.6 is 0 Å². The Morgan fingerprint density at radius 1 is 1.30 bits per heavy atom. The predicted octanol–water partition coefficient (Wildman–Crippen LogP) is 1.20. The summed E-state index contributed by atoms with van der Waals surface area (Å²) >= 11 is 0. The van der Waals surface area contributed by atoms with E-state index in [2.05, 4.69) is 10.3 Å². The average molecular weight is 316 g/mol. The van der Waals surface area contributed by atoms with Crippen LogP contribution in [0, 0.1) is 0 Å². The van der Waals surface area contributed by atoms with Gasteiger partial charge in [0, 0.05) is 23.5 Å². The van der Waals surface area contributed by atoms with Gasteiger partial charge in [0.05, 0.1) is 6.04 Å². The van der Waals surface area contributed by atoms with Crippen LogP contribution in [-0.4, -0.2) is 28.9 Å². The molecule has 1 heterocycles. The summed E-state index contributed by atoms with van der Waals surface area (Å²) in [6.45, 7) is 2.04. The van der Waals surface area contributed by atoms with Crippen LogP contribution < -0.4 is 16.8 Å². The summed E-state index contributed by atoms with van der Waals surface area (Å²) in [5.41, 5.74) is 13.2. The van der Waals surface area contributed by atoms with Gasteiger partial charge >= 0.3 is 0 Å². The van der Waals surface area contributed by atoms with Crippen LogP contribution in [0.15, 0.2) is 30.5 Å². The SMILES string of the molecule is CCCCC(N)C(=O)NC(Cc1c[nH]c2ccccc12)C(N)=O. The molecule has 0 bridgehead atoms. The quantitative estimate of drug-likeness (QED) is 0.586. The summed E-state index contributed by atoms with van der Waals surface area (Å²) < 4.78 is 0. The van der Waals surface area contributed by atoms with Gasteiger partial charge in [0.2, 0.25) is 11.8 Å². The van der Waals surface area contributed by atoms with Gasteiger partial charge in [-0.3, -0.25) is 9.59 Å². The number of rotatable bonds is 8. The molecule has 6 nitrogen and oxygen atoms in total. The first-order valence-corrected chi connectivity index (χ1v) is 7.93. The molecular weight excluding hydrogens is 292 g/mol. The number of hydrogen-bond acceptors (Lipinski definition) is 3. The van der Waals surface area contributed by atoms with Crippen molar-refractivity contribution in [2.24, 2.45) is 11.5 Å². The molecule has 124 valence electrons. The molecule has 1 aromatic heterocycles. The Morgan fingerprint density at radius 3 is 2.74 bits per heavy atom. The van der Waals surface area contributed by atoms with E-state index in [1.54, 1.807) is 0 Å². The molecule has 6 heteroatoms. The van der Waals surface area contributed by atoms with Gasteiger partial charge in [-0.25, -0.2) is 0 Å². The number of benzene rings is 1. The largest absolute Gasteiger partial charge is 0.368 e. The predicted molar refractivity (Wildman–Crippen MR) is 90.6 cm³/mol. The molecule has 2 aromatic rings. The summed E-state index contributed by atoms with van der Waals surface area (Å²) in [6, 6.07) is 6.40. The Bertz CT molecular complexity index is 680. The molecule has 1 aromatic carbocycles. The second-order valence-corrected chi connectivity index (χ2v) is 5.78. The summed E-state index contributed by atoms with van der Waals surface area (Å²) in [7, 11) is 0. The number of carbonyl (C=O) groups excluding carboxylic acids is 2. The van der Waals surface area contributed by atoms with Crippen molar-refractivity contribution in [1.29, 1.82) is 0 Å². The number of carbonyl (C=O) groups is 2. The summed E-state index contributed by atoms with van der Waals surface area (Å²) in [6.07, 6.45) is 4.62. The van der Waals surface area contributed by atoms with Gasteiger partial charge in [-0.1, -0.05) is 38.0 Å². The summed E-state index contributed by atoms with van der Waals surface area (Å²) in [5, 5.41) is 3.69. The minimum atomic E-state index is -0.769. The lowest BCUT2D eigenvalue weighted by atomic mass is 10.0. The van der Waals surface area contributed by atoms with Crippen molar-refractivity contribution in [1.82, 2.24) is 10.3 Å². The molecule has 0 saturated heterocycles. The molecule has 2 unspecified atom stereocenters. The zero-order valence-electron chi connectivity index (χ0n) is 13.3. The molecule has 2 atom stereocenters. The number of aromatic amines is 1. The van der Waals surface area contributed by atoms with Gasteiger partial charge in [-0.2, -0.15) is 0 Å². The van der Waals surface area contributed by atoms with E-state index < -0.39 is 18.0 Å². The Labute approximate surface area is 135 Å². The Kier molecular flexibility index (Phi) is 5.76. The van der Waals surface area contributed by atoms with Crippen LogP contribution in [-0.2, 0) is 16.0 Å². The topological polar surface area (TPSA) is 114 Å². The van der Waals surface area contributed by atoms with Crippen LogP contribution in [0.5, 0.6) is 0 Å². The van der Waals surface area contributed by atoms with E-state index in [-0.39, 0.29) is 5.91 Å². The highest BCUT2D eigenvalue weighted by Crippen LogP contribution is 2.19. The smallest absolute Gasteiger partial charge is 0.240 e. The molecule has 23 heavy (non-hydrogen) atoms. The fourth-order valence-corrected chi connectivity index (χ4v) is 2.58. The first kappa shape index (κ1) is 17.0. The molecule has 0 aliphatic heterocycles. The maximum absolute atomic E-state index is 12.1. The van der Waals surface area contributed by atoms with E-state index >= 15 is 0 Å². The number of fused-ring (bicyclic) bond motifs is 1. The molecule has 0 spiro atoms. The van der Waals surface area contributed by atoms with Crippen LogP contribution in [0.4, 0.5) is 0 Å². The highest BCUT2D eigenvalue weighted by atomic mass is 16.2. The van der Waals surface area contributed by atoms with Gasteiger partial charge in [-0.15, -0.1) is 0 Å². The number of amides is 2. The van der Waals surface area contributed by atoms with Gasteiger partial charge in [0.25, 0.3) is 0 Å². The van der Waals surface area contributed by atoms with Crippen molar-refractivity contribution in [3.05, 3.63) is 36.0 Å². The maximum atomic E-state index is 12.1. The van der Waals surface area contributed by atoms with Gasteiger partial charge in [0.15, 0.2) is 0 Å². The Morgan fingerprint density at radius 2 is 2.04 bits per heavy atom. The van der Waals surface area contributed by atoms with Crippen molar-refractivity contribution in [2.45, 2.75) is 44.7 Å². The van der Waals surface area contributed by atoms with E-state index in [0.29, 0.717) is 12.8 Å². The minimum absolute atomic E-state index is 0.331. The number of para-hydroxylation sites is 1. The first-order chi connectivity index (χ1) is 11.0. The van der Waals surface area contributed by atoms with E-state index in [1.807, 2.05) is 37.4 Å². The summed E-state index contributed by atoms with van der Waals surface area (Å²) in [4.78, 5) is 26.9. The summed E-state index contributed by atoms with van der Waals surface area (Å²) in [5.74, 6) is -0.895. The third kappa shape index (κ3) is 4.32. The third-order valence-corrected chi connectivity index (χ3v) is 3.96. The number of nitrogens with one attached hydrogen (secondary N) is 2. The highest BCUT2D eigenvalue weighted by molar-refractivity contribution is 5.90. The minimum Gasteiger partial charge on any atom is -0.368 e. The fraction of sp³-hybridized carbons (Fsp3) is 0.412. The van der Waals surface area contributed by atoms with Gasteiger partial charge < -0.3 is 21.8 Å². The molecule has 0 fully saturated rings. The van der Waals surface area contributed by atoms with Crippen molar-refractivity contribution in [2.75, 3.05) is 0 Å². The lowest BCUT2D eigenvalue weighted by Gasteiger charge is -2.18. The monoisotopic (exact) mass is 316 g/mol. The van der Waals surface area contributed by atoms with Gasteiger partial charge in [-0.05, 0) is 18.1 Å². The number of unbranched alkanes of at least 4 members (excludes halogenated alkanes) is 1. The number of nitrogens with two attached hydrogens (primary N) is 2. The number of primary amides is 1. The zero-order chi connectivity index (χ0) is 16.8. The molecular formula is C17H24N4O2. The van der Waals surface area contributed by atoms with Crippen LogP contribution in [0.2, 0.25) is 0 Å². The van der Waals surface area contributed by atoms with Crippen molar-refractivity contribution < 1.29 is 9.59 Å². The van der Waals surface area contributed by atoms with Crippen molar-refractivity contribution in [3.8, 4) is 0 Å². The highest BCUT2D eigenvalue weighted by Gasteiger charge is 2.23. The second kappa shape index (κ2) is 7.78. The zero-order valence-corrected chi connectivity index (χ0v) is 13.3. The third-order valence-electron chi connectivity index (χ3n) is 3.96. The lowest BCUT2D eigenvalue weighted by molar-refractivity contribution is -0.128. The molecule has 2 amide bonds. The standard InChI is InChI=1S/C17H24N4O2/c1-2-3-7-13(18)17(23)21-15(16(19)22)9-11-10-20-14-8-5-4-6-12(11)14/h4-6,8,10,13,15,20H,2-3,7,9,18H2,1H3,(H2,19,22)(H,21,23). The number of H-pyrrole nitrogens is 1. The maximum Gasteiger partial charge on any atom is 0.240 e. The van der Waals surface area contributed by atoms with Crippen LogP contribution in [0.1, 0.15) is 31.7 Å². The van der Waals surface area contributed by atoms with Crippen molar-refractivity contribution in [3.63, 3.8) is 0 Å². The molecule has 6 N–H and O–H groups in total. The van der Waals surface area contributed by atoms with E-state index in [0.717, 1.165) is 29.3 Å². The fourth-order valence-electron chi connectivity index (χ4n) is 2.58.